The van der Waals surface area contributed by atoms with Crippen LogP contribution in [0.4, 0.5) is 0 Å². The molecule has 0 spiro atoms. The standard InChI is InChI=1S/C57H100NO7P/c1-3-5-7-9-11-13-15-17-19-21-23-25-27-28-29-30-32-34-36-38-40-42-44-46-48-50-57(59)65-56(55-64-66(60,61)63-53-51-58)54-62-52-49-47-45-43-41-39-37-35-33-31-26-24-22-20-18-16-14-12-10-8-6-4-2/h6,8,12,14-15,17-18,20-21,23-24,26,33,35,39,41,56H,3-5,7,9-11,13,16,19,22,25,27-32,34,36-38,40,42-55,58H2,1-2H3,(H,60,61)/b8-6-,14-12-,17-15-,20-18-,23-21-,26-24-,35-33-,41-39-. The van der Waals surface area contributed by atoms with Crippen molar-refractivity contribution in [1.82, 2.24) is 0 Å². The number of phosphoric acid groups is 1. The van der Waals surface area contributed by atoms with Crippen LogP contribution in [0.5, 0.6) is 0 Å². The van der Waals surface area contributed by atoms with E-state index in [4.69, 9.17) is 24.3 Å². The first-order valence-electron chi connectivity index (χ1n) is 26.7. The van der Waals surface area contributed by atoms with Crippen LogP contribution in [0.25, 0.3) is 0 Å². The molecule has 0 aromatic heterocycles. The summed E-state index contributed by atoms with van der Waals surface area (Å²) in [5.74, 6) is -0.345. The van der Waals surface area contributed by atoms with Gasteiger partial charge in [0.2, 0.25) is 0 Å². The highest BCUT2D eigenvalue weighted by Gasteiger charge is 2.25. The van der Waals surface area contributed by atoms with Gasteiger partial charge in [0.05, 0.1) is 19.8 Å². The van der Waals surface area contributed by atoms with E-state index in [1.165, 1.54) is 109 Å². The van der Waals surface area contributed by atoms with Crippen molar-refractivity contribution in [3.05, 3.63) is 97.2 Å². The summed E-state index contributed by atoms with van der Waals surface area (Å²) in [6.45, 7) is 4.71. The van der Waals surface area contributed by atoms with Gasteiger partial charge in [-0.3, -0.25) is 13.8 Å². The zero-order valence-corrected chi connectivity index (χ0v) is 43.3. The maximum absolute atomic E-state index is 12.7. The second-order valence-corrected chi connectivity index (χ2v) is 18.8. The Bertz CT molecular complexity index is 1330. The highest BCUT2D eigenvalue weighted by atomic mass is 31.2. The lowest BCUT2D eigenvalue weighted by atomic mass is 10.0. The van der Waals surface area contributed by atoms with Crippen LogP contribution in [-0.2, 0) is 27.9 Å². The van der Waals surface area contributed by atoms with Gasteiger partial charge in [-0.1, -0.05) is 214 Å². The van der Waals surface area contributed by atoms with Crippen molar-refractivity contribution in [2.24, 2.45) is 5.73 Å². The smallest absolute Gasteiger partial charge is 0.457 e. The molecule has 0 saturated carbocycles. The van der Waals surface area contributed by atoms with Crippen molar-refractivity contribution in [2.75, 3.05) is 33.0 Å². The Labute approximate surface area is 406 Å². The largest absolute Gasteiger partial charge is 0.472 e. The molecule has 0 radical (unpaired) electrons. The number of hydrogen-bond donors (Lipinski definition) is 2. The number of phosphoric ester groups is 1. The van der Waals surface area contributed by atoms with E-state index in [1.807, 2.05) is 0 Å². The predicted molar refractivity (Wildman–Crippen MR) is 284 cm³/mol. The van der Waals surface area contributed by atoms with Gasteiger partial charge in [-0.2, -0.15) is 0 Å². The first-order valence-corrected chi connectivity index (χ1v) is 28.2. The molecule has 0 aromatic carbocycles. The van der Waals surface area contributed by atoms with Crippen LogP contribution in [0, 0.1) is 0 Å². The number of rotatable bonds is 50. The Hall–Kier alpha value is -2.58. The highest BCUT2D eigenvalue weighted by molar-refractivity contribution is 7.47. The minimum atomic E-state index is -4.30. The third-order valence-corrected chi connectivity index (χ3v) is 12.0. The van der Waals surface area contributed by atoms with E-state index in [0.29, 0.717) is 13.0 Å². The van der Waals surface area contributed by atoms with Crippen LogP contribution in [-0.4, -0.2) is 49.9 Å². The topological polar surface area (TPSA) is 117 Å². The number of carbonyl (C=O) groups is 1. The molecule has 3 N–H and O–H groups in total. The molecule has 0 saturated heterocycles. The number of allylic oxidation sites excluding steroid dienone is 16. The number of ether oxygens (including phenoxy) is 2. The molecular weight excluding hydrogens is 842 g/mol. The molecule has 0 rings (SSSR count). The van der Waals surface area contributed by atoms with Gasteiger partial charge in [0.25, 0.3) is 0 Å². The zero-order valence-electron chi connectivity index (χ0n) is 42.4. The molecule has 0 aliphatic rings. The molecule has 380 valence electrons. The summed E-state index contributed by atoms with van der Waals surface area (Å²) in [6.07, 6.45) is 71.6. The molecule has 0 aliphatic heterocycles. The van der Waals surface area contributed by atoms with Gasteiger partial charge >= 0.3 is 13.8 Å². The average Bonchev–Trinajstić information content (AvgIpc) is 3.31. The molecule has 0 bridgehead atoms. The van der Waals surface area contributed by atoms with Crippen LogP contribution in [0.2, 0.25) is 0 Å². The summed E-state index contributed by atoms with van der Waals surface area (Å²) in [4.78, 5) is 22.6. The molecule has 8 nitrogen and oxygen atoms in total. The van der Waals surface area contributed by atoms with Crippen molar-refractivity contribution >= 4 is 13.8 Å². The van der Waals surface area contributed by atoms with Gasteiger partial charge in [-0.25, -0.2) is 4.57 Å². The summed E-state index contributed by atoms with van der Waals surface area (Å²) in [5.41, 5.74) is 5.39. The normalized spacial score (nSPS) is 14.1. The molecule has 9 heteroatoms. The van der Waals surface area contributed by atoms with Gasteiger partial charge in [-0.05, 0) is 96.3 Å². The van der Waals surface area contributed by atoms with Crippen LogP contribution < -0.4 is 5.73 Å². The molecule has 66 heavy (non-hydrogen) atoms. The van der Waals surface area contributed by atoms with Crippen molar-refractivity contribution in [2.45, 2.75) is 225 Å². The maximum atomic E-state index is 12.7. The lowest BCUT2D eigenvalue weighted by Crippen LogP contribution is -2.28. The SMILES string of the molecule is CC/C=C\C/C=C\C/C=C\C/C=C\C/C=C\C/C=C\CCCCCOCC(COP(=O)(O)OCCN)OC(=O)CCCCCCCCCCCCCCC/C=C\C/C=C\CCCCCCC. The molecular formula is C57H100NO7P. The van der Waals surface area contributed by atoms with Gasteiger partial charge in [-0.15, -0.1) is 0 Å². The summed E-state index contributed by atoms with van der Waals surface area (Å²) < 4.78 is 33.6. The average molecular weight is 942 g/mol. The van der Waals surface area contributed by atoms with E-state index in [-0.39, 0.29) is 32.3 Å². The summed E-state index contributed by atoms with van der Waals surface area (Å²) in [7, 11) is -4.30. The Morgan fingerprint density at radius 1 is 0.470 bits per heavy atom. The number of carbonyl (C=O) groups excluding carboxylic acids is 1. The highest BCUT2D eigenvalue weighted by Crippen LogP contribution is 2.43. The fourth-order valence-electron chi connectivity index (χ4n) is 7.09. The van der Waals surface area contributed by atoms with E-state index >= 15 is 0 Å². The van der Waals surface area contributed by atoms with E-state index in [1.54, 1.807) is 0 Å². The minimum absolute atomic E-state index is 0.0883. The summed E-state index contributed by atoms with van der Waals surface area (Å²) in [5, 5.41) is 0. The first kappa shape index (κ1) is 63.4. The first-order chi connectivity index (χ1) is 32.4. The third kappa shape index (κ3) is 52.4. The lowest BCUT2D eigenvalue weighted by molar-refractivity contribution is -0.154. The summed E-state index contributed by atoms with van der Waals surface area (Å²) in [6, 6.07) is 0. The van der Waals surface area contributed by atoms with Crippen molar-refractivity contribution in [1.29, 1.82) is 0 Å². The number of nitrogens with two attached hydrogens (primary N) is 1. The van der Waals surface area contributed by atoms with Gasteiger partial charge in [0, 0.05) is 19.6 Å². The molecule has 2 unspecified atom stereocenters. The maximum Gasteiger partial charge on any atom is 0.472 e. The Balaban J connectivity index is 4.01. The van der Waals surface area contributed by atoms with E-state index in [9.17, 15) is 14.3 Å². The van der Waals surface area contributed by atoms with Gasteiger partial charge in [0.1, 0.15) is 6.10 Å². The van der Waals surface area contributed by atoms with Gasteiger partial charge < -0.3 is 20.1 Å². The molecule has 0 aliphatic carbocycles. The number of esters is 1. The van der Waals surface area contributed by atoms with Crippen LogP contribution in [0.15, 0.2) is 97.2 Å². The third-order valence-electron chi connectivity index (χ3n) is 11.0. The van der Waals surface area contributed by atoms with E-state index < -0.39 is 13.9 Å². The molecule has 0 fully saturated rings. The Morgan fingerprint density at radius 3 is 1.27 bits per heavy atom. The second-order valence-electron chi connectivity index (χ2n) is 17.4. The Kier molecular flexibility index (Phi) is 51.3. The minimum Gasteiger partial charge on any atom is -0.457 e. The van der Waals surface area contributed by atoms with Crippen molar-refractivity contribution < 1.29 is 32.8 Å². The lowest BCUT2D eigenvalue weighted by Gasteiger charge is -2.20. The van der Waals surface area contributed by atoms with Crippen LogP contribution >= 0.6 is 7.82 Å². The van der Waals surface area contributed by atoms with Gasteiger partial charge in [0.15, 0.2) is 0 Å². The van der Waals surface area contributed by atoms with Crippen molar-refractivity contribution in [3.8, 4) is 0 Å². The quantitative estimate of drug-likeness (QED) is 0.0268. The van der Waals surface area contributed by atoms with E-state index in [0.717, 1.165) is 89.9 Å². The fourth-order valence-corrected chi connectivity index (χ4v) is 7.85. The summed E-state index contributed by atoms with van der Waals surface area (Å²) >= 11 is 0. The fraction of sp³-hybridized carbons (Fsp3) is 0.702. The predicted octanol–water partition coefficient (Wildman–Crippen LogP) is 17.0. The Morgan fingerprint density at radius 2 is 0.848 bits per heavy atom. The monoisotopic (exact) mass is 942 g/mol. The van der Waals surface area contributed by atoms with E-state index in [2.05, 4.69) is 111 Å². The van der Waals surface area contributed by atoms with Crippen LogP contribution in [0.1, 0.15) is 219 Å². The molecule has 0 aromatic rings. The zero-order chi connectivity index (χ0) is 48.0. The molecule has 0 heterocycles. The van der Waals surface area contributed by atoms with Crippen molar-refractivity contribution in [3.63, 3.8) is 0 Å². The molecule has 2 atom stereocenters. The second kappa shape index (κ2) is 53.4. The van der Waals surface area contributed by atoms with Crippen LogP contribution in [0.3, 0.4) is 0 Å². The number of hydrogen-bond acceptors (Lipinski definition) is 7. The number of unbranched alkanes of at least 4 members (excludes halogenated alkanes) is 21. The molecule has 0 amide bonds.